The Bertz CT molecular complexity index is 567. The SMILES string of the molecule is [CH3][Sb]([CH3])[CH2]c1ccccc1[CH2][Sb]([CH3])[CH3].[CH3][Sb]([CH3])[CH2]c1ccccc1[CH2][Sb]([CH3])[CH3].[Pd+2]. The molecule has 0 saturated carbocycles. The molecule has 0 fully saturated rings. The van der Waals surface area contributed by atoms with Gasteiger partial charge in [0.1, 0.15) is 0 Å². The van der Waals surface area contributed by atoms with Crippen molar-refractivity contribution in [1.29, 1.82) is 0 Å². The maximum Gasteiger partial charge on any atom is 2.00 e. The van der Waals surface area contributed by atoms with Crippen molar-refractivity contribution >= 4 is 80.8 Å². The molecule has 0 nitrogen and oxygen atoms in total. The Hall–Kier alpha value is 2.38. The first kappa shape index (κ1) is 31.4. The molecular formula is C24H40PdSb4+2. The van der Waals surface area contributed by atoms with Gasteiger partial charge in [0, 0.05) is 0 Å². The molecule has 0 unspecified atom stereocenters. The third-order valence-corrected chi connectivity index (χ3v) is 15.3. The first-order valence-electron chi connectivity index (χ1n) is 9.91. The van der Waals surface area contributed by atoms with Crippen molar-refractivity contribution in [3.05, 3.63) is 70.8 Å². The first-order valence-corrected chi connectivity index (χ1v) is 37.6. The zero-order chi connectivity index (χ0) is 21.1. The van der Waals surface area contributed by atoms with Gasteiger partial charge in [0.15, 0.2) is 0 Å². The Morgan fingerprint density at radius 2 is 0.586 bits per heavy atom. The molecule has 0 aliphatic rings. The standard InChI is InChI=1S/2C8H8.8CH3.Pd.4Sb/c2*1-7-5-3-4-6-8(7)2;;;;;;;;;;;;;/h2*3-6H,1-2H2;8*1H3;;;;;/q;;;;;;;;;;+2;;;;. The molecule has 2 aromatic carbocycles. The summed E-state index contributed by atoms with van der Waals surface area (Å²) in [5, 5.41) is 0. The summed E-state index contributed by atoms with van der Waals surface area (Å²) in [6, 6.07) is 18.2. The van der Waals surface area contributed by atoms with E-state index in [-0.39, 0.29) is 20.4 Å². The van der Waals surface area contributed by atoms with E-state index in [4.69, 9.17) is 0 Å². The van der Waals surface area contributed by atoms with Gasteiger partial charge in [-0.05, 0) is 0 Å². The molecule has 0 spiro atoms. The molecule has 0 aliphatic heterocycles. The molecule has 164 valence electrons. The zero-order valence-corrected chi connectivity index (χ0v) is 31.3. The Kier molecular flexibility index (Phi) is 19.3. The predicted octanol–water partition coefficient (Wildman–Crippen LogP) is 6.72. The summed E-state index contributed by atoms with van der Waals surface area (Å²) in [6.45, 7) is 0. The molecule has 2 rings (SSSR count). The van der Waals surface area contributed by atoms with Crippen LogP contribution in [0, 0.1) is 0 Å². The summed E-state index contributed by atoms with van der Waals surface area (Å²) in [5.74, 6) is 0. The van der Waals surface area contributed by atoms with Crippen LogP contribution >= 0.6 is 0 Å². The van der Waals surface area contributed by atoms with Crippen molar-refractivity contribution in [3.63, 3.8) is 0 Å². The van der Waals surface area contributed by atoms with Gasteiger partial charge in [0.2, 0.25) is 0 Å². The smallest absolute Gasteiger partial charge is 2.00 e. The predicted molar refractivity (Wildman–Crippen MR) is 138 cm³/mol. The van der Waals surface area contributed by atoms with Crippen LogP contribution in [0.25, 0.3) is 0 Å². The summed E-state index contributed by atoms with van der Waals surface area (Å²) in [6.07, 6.45) is 0. The number of hydrogen-bond acceptors (Lipinski definition) is 0. The quantitative estimate of drug-likeness (QED) is 0.259. The average Bonchev–Trinajstić information content (AvgIpc) is 2.57. The molecular weight excluding hydrogens is 882 g/mol. The van der Waals surface area contributed by atoms with E-state index in [1.54, 1.807) is 22.3 Å². The van der Waals surface area contributed by atoms with Crippen LogP contribution in [0.3, 0.4) is 0 Å². The molecule has 0 radical (unpaired) electrons. The van der Waals surface area contributed by atoms with Crippen molar-refractivity contribution in [3.8, 4) is 0 Å². The van der Waals surface area contributed by atoms with Crippen LogP contribution in [-0.2, 0) is 37.9 Å². The minimum atomic E-state index is -0.842. The van der Waals surface area contributed by atoms with E-state index < -0.39 is 80.8 Å². The van der Waals surface area contributed by atoms with Gasteiger partial charge < -0.3 is 0 Å². The topological polar surface area (TPSA) is 0 Å². The second-order valence-electron chi connectivity index (χ2n) is 8.49. The van der Waals surface area contributed by atoms with E-state index in [1.807, 2.05) is 0 Å². The number of rotatable bonds is 8. The van der Waals surface area contributed by atoms with Gasteiger partial charge in [-0.25, -0.2) is 0 Å². The third kappa shape index (κ3) is 15.0. The molecule has 5 heteroatoms. The summed E-state index contributed by atoms with van der Waals surface area (Å²) in [7, 11) is 0. The Morgan fingerprint density at radius 3 is 0.724 bits per heavy atom. The van der Waals surface area contributed by atoms with Crippen molar-refractivity contribution in [1.82, 2.24) is 0 Å². The summed E-state index contributed by atoms with van der Waals surface area (Å²) < 4.78 is 5.70. The Morgan fingerprint density at radius 1 is 0.414 bits per heavy atom. The van der Waals surface area contributed by atoms with E-state index >= 15 is 0 Å². The molecule has 0 heterocycles. The van der Waals surface area contributed by atoms with E-state index in [1.165, 1.54) is 17.5 Å². The minimum Gasteiger partial charge on any atom is 2.00 e. The van der Waals surface area contributed by atoms with Gasteiger partial charge in [0.05, 0.1) is 0 Å². The van der Waals surface area contributed by atoms with Gasteiger partial charge in [-0.15, -0.1) is 0 Å². The van der Waals surface area contributed by atoms with E-state index in [2.05, 4.69) is 87.5 Å². The Labute approximate surface area is 224 Å². The molecule has 0 N–H and O–H groups in total. The molecule has 0 aromatic heterocycles. The molecule has 0 bridgehead atoms. The summed E-state index contributed by atoms with van der Waals surface area (Å²) in [5.41, 5.74) is 6.66. The van der Waals surface area contributed by atoms with Gasteiger partial charge in [-0.2, -0.15) is 0 Å². The van der Waals surface area contributed by atoms with E-state index in [0.29, 0.717) is 0 Å². The molecule has 29 heavy (non-hydrogen) atoms. The van der Waals surface area contributed by atoms with Gasteiger partial charge in [-0.1, -0.05) is 0 Å². The molecule has 2 aromatic rings. The fraction of sp³-hybridized carbons (Fsp3) is 0.500. The molecule has 0 aliphatic carbocycles. The fourth-order valence-electron chi connectivity index (χ4n) is 3.09. The zero-order valence-electron chi connectivity index (χ0n) is 19.6. The van der Waals surface area contributed by atoms with E-state index in [0.717, 1.165) is 0 Å². The van der Waals surface area contributed by atoms with Crippen LogP contribution in [-0.4, -0.2) is 80.8 Å². The minimum absolute atomic E-state index is 0. The normalized spacial score (nSPS) is 10.9. The monoisotopic (exact) mass is 918 g/mol. The summed E-state index contributed by atoms with van der Waals surface area (Å²) in [4.78, 5) is 19.9. The number of benzene rings is 2. The van der Waals surface area contributed by atoms with Crippen LogP contribution < -0.4 is 0 Å². The van der Waals surface area contributed by atoms with Crippen molar-refractivity contribution in [2.45, 2.75) is 56.4 Å². The van der Waals surface area contributed by atoms with Gasteiger partial charge >= 0.3 is 228 Å². The van der Waals surface area contributed by atoms with Crippen molar-refractivity contribution < 1.29 is 20.4 Å². The number of hydrogen-bond donors (Lipinski definition) is 0. The fourth-order valence-corrected chi connectivity index (χ4v) is 14.4. The van der Waals surface area contributed by atoms with Crippen LogP contribution in [0.1, 0.15) is 22.3 Å². The van der Waals surface area contributed by atoms with Gasteiger partial charge in [-0.3, -0.25) is 0 Å². The van der Waals surface area contributed by atoms with Crippen molar-refractivity contribution in [2.75, 3.05) is 0 Å². The average molecular weight is 922 g/mol. The van der Waals surface area contributed by atoms with Crippen LogP contribution in [0.4, 0.5) is 0 Å². The largest absolute Gasteiger partial charge is 2.00 e. The second kappa shape index (κ2) is 17.8. The maximum absolute atomic E-state index is 2.48. The van der Waals surface area contributed by atoms with Crippen LogP contribution in [0.5, 0.6) is 0 Å². The van der Waals surface area contributed by atoms with Crippen LogP contribution in [0.2, 0.25) is 39.0 Å². The Balaban J connectivity index is 0.000000523. The second-order valence-corrected chi connectivity index (χ2v) is 36.8. The summed E-state index contributed by atoms with van der Waals surface area (Å²) >= 11 is -3.37. The van der Waals surface area contributed by atoms with Crippen molar-refractivity contribution in [2.24, 2.45) is 0 Å². The third-order valence-electron chi connectivity index (χ3n) is 4.18. The van der Waals surface area contributed by atoms with Gasteiger partial charge in [0.25, 0.3) is 0 Å². The maximum atomic E-state index is 2.48. The van der Waals surface area contributed by atoms with Crippen LogP contribution in [0.15, 0.2) is 48.5 Å². The molecule has 0 amide bonds. The molecule has 0 saturated heterocycles. The van der Waals surface area contributed by atoms with E-state index in [9.17, 15) is 0 Å². The first-order chi connectivity index (χ1) is 13.2. The molecule has 0 atom stereocenters.